The van der Waals surface area contributed by atoms with Crippen molar-refractivity contribution in [3.05, 3.63) is 48.8 Å². The smallest absolute Gasteiger partial charge is 0.312 e. The first-order valence-electron chi connectivity index (χ1n) is 15.3. The third-order valence-corrected chi connectivity index (χ3v) is 8.74. The molecule has 1 aliphatic heterocycles. The summed E-state index contributed by atoms with van der Waals surface area (Å²) in [4.78, 5) is 29.6. The molecule has 2 fully saturated rings. The number of pyridine rings is 1. The Bertz CT molecular complexity index is 1500. The fourth-order valence-corrected chi connectivity index (χ4v) is 6.08. The van der Waals surface area contributed by atoms with Gasteiger partial charge in [0, 0.05) is 42.8 Å². The largest absolute Gasteiger partial charge is 0.460 e. The van der Waals surface area contributed by atoms with E-state index in [1.165, 1.54) is 25.5 Å². The number of hydrogen-bond donors (Lipinski definition) is 1. The maximum atomic E-state index is 13.0. The first-order chi connectivity index (χ1) is 20.7. The first-order valence-corrected chi connectivity index (χ1v) is 15.3. The Hall–Kier alpha value is -4.26. The molecule has 10 nitrogen and oxygen atoms in total. The zero-order valence-electron chi connectivity index (χ0n) is 25.7. The van der Waals surface area contributed by atoms with Crippen LogP contribution < -0.4 is 10.6 Å². The van der Waals surface area contributed by atoms with Crippen LogP contribution in [0.5, 0.6) is 0 Å². The van der Waals surface area contributed by atoms with Gasteiger partial charge in [-0.15, -0.1) is 0 Å². The number of aromatic nitrogens is 5. The standard InChI is InChI=1S/C33H42N8O2/c1-5-33(31(42)43-32(2,3)4)13-15-40(16-14-33)28-12-11-23(19-36-28)30-29(24(17-34)18-35)37-21-27(39-30)25-20-38-41(22-25)26-9-7-6-8-10-26/h11-12,17,19-22,26H,5-10,13-16,34H2,1-4H3. The lowest BCUT2D eigenvalue weighted by Gasteiger charge is -2.41. The molecule has 226 valence electrons. The third kappa shape index (κ3) is 6.56. The molecule has 0 aromatic carbocycles. The van der Waals surface area contributed by atoms with Crippen LogP contribution in [0.1, 0.15) is 90.8 Å². The van der Waals surface area contributed by atoms with Gasteiger partial charge in [0.1, 0.15) is 23.2 Å². The molecule has 0 amide bonds. The van der Waals surface area contributed by atoms with Crippen molar-refractivity contribution < 1.29 is 9.53 Å². The second kappa shape index (κ2) is 12.5. The summed E-state index contributed by atoms with van der Waals surface area (Å²) in [6, 6.07) is 6.46. The first kappa shape index (κ1) is 30.2. The molecular weight excluding hydrogens is 540 g/mol. The van der Waals surface area contributed by atoms with Gasteiger partial charge in [-0.3, -0.25) is 14.5 Å². The number of esters is 1. The molecule has 1 saturated carbocycles. The Morgan fingerprint density at radius 2 is 1.86 bits per heavy atom. The highest BCUT2D eigenvalue weighted by atomic mass is 16.6. The van der Waals surface area contributed by atoms with E-state index in [0.29, 0.717) is 49.1 Å². The van der Waals surface area contributed by atoms with E-state index in [0.717, 1.165) is 36.2 Å². The molecule has 0 radical (unpaired) electrons. The lowest BCUT2D eigenvalue weighted by molar-refractivity contribution is -0.169. The number of rotatable bonds is 7. The van der Waals surface area contributed by atoms with Crippen molar-refractivity contribution in [1.82, 2.24) is 24.7 Å². The van der Waals surface area contributed by atoms with Gasteiger partial charge in [-0.2, -0.15) is 10.4 Å². The van der Waals surface area contributed by atoms with E-state index in [1.807, 2.05) is 45.3 Å². The van der Waals surface area contributed by atoms with E-state index < -0.39 is 11.0 Å². The van der Waals surface area contributed by atoms with Crippen molar-refractivity contribution >= 4 is 17.4 Å². The number of anilines is 1. The maximum absolute atomic E-state index is 13.0. The van der Waals surface area contributed by atoms with E-state index in [9.17, 15) is 10.1 Å². The van der Waals surface area contributed by atoms with Gasteiger partial charge in [0.25, 0.3) is 0 Å². The van der Waals surface area contributed by atoms with Crippen LogP contribution in [0.15, 0.2) is 43.1 Å². The predicted octanol–water partition coefficient (Wildman–Crippen LogP) is 6.07. The average molecular weight is 583 g/mol. The number of carbonyl (C=O) groups excluding carboxylic acids is 1. The zero-order valence-corrected chi connectivity index (χ0v) is 25.7. The molecule has 0 bridgehead atoms. The number of nitrogens with zero attached hydrogens (tertiary/aromatic N) is 7. The normalized spacial score (nSPS) is 17.8. The summed E-state index contributed by atoms with van der Waals surface area (Å²) in [5, 5.41) is 14.4. The maximum Gasteiger partial charge on any atom is 0.312 e. The van der Waals surface area contributed by atoms with Crippen molar-refractivity contribution in [3.8, 4) is 28.6 Å². The van der Waals surface area contributed by atoms with Crippen molar-refractivity contribution in [1.29, 1.82) is 5.26 Å². The SMILES string of the molecule is CCC1(C(=O)OC(C)(C)C)CCN(c2ccc(-c3nc(-c4cnn(C5CCCCC5)c4)cnc3C(C#N)=CN)cn2)CC1. The van der Waals surface area contributed by atoms with E-state index in [2.05, 4.69) is 32.7 Å². The molecule has 10 heteroatoms. The minimum Gasteiger partial charge on any atom is -0.460 e. The monoisotopic (exact) mass is 582 g/mol. The number of nitriles is 1. The summed E-state index contributed by atoms with van der Waals surface area (Å²) < 4.78 is 7.82. The second-order valence-corrected chi connectivity index (χ2v) is 12.7. The third-order valence-electron chi connectivity index (χ3n) is 8.74. The van der Waals surface area contributed by atoms with Crippen molar-refractivity contribution in [2.24, 2.45) is 11.1 Å². The van der Waals surface area contributed by atoms with Gasteiger partial charge in [-0.05, 0) is 65.0 Å². The van der Waals surface area contributed by atoms with E-state index in [4.69, 9.17) is 20.4 Å². The van der Waals surface area contributed by atoms with Crippen LogP contribution in [-0.4, -0.2) is 49.4 Å². The summed E-state index contributed by atoms with van der Waals surface area (Å²) in [6.45, 7) is 9.21. The van der Waals surface area contributed by atoms with E-state index >= 15 is 0 Å². The average Bonchev–Trinajstić information content (AvgIpc) is 3.52. The van der Waals surface area contributed by atoms with Crippen LogP contribution in [0.4, 0.5) is 5.82 Å². The Morgan fingerprint density at radius 3 is 2.47 bits per heavy atom. The molecule has 0 atom stereocenters. The molecule has 3 aromatic heterocycles. The molecule has 43 heavy (non-hydrogen) atoms. The minimum absolute atomic E-state index is 0.109. The lowest BCUT2D eigenvalue weighted by atomic mass is 9.76. The molecule has 1 saturated heterocycles. The fraction of sp³-hybridized carbons (Fsp3) is 0.515. The molecule has 0 unspecified atom stereocenters. The molecule has 1 aliphatic carbocycles. The highest BCUT2D eigenvalue weighted by Gasteiger charge is 2.42. The Kier molecular flexibility index (Phi) is 8.81. The summed E-state index contributed by atoms with van der Waals surface area (Å²) >= 11 is 0. The fourth-order valence-electron chi connectivity index (χ4n) is 6.08. The van der Waals surface area contributed by atoms with Crippen molar-refractivity contribution in [2.45, 2.75) is 90.7 Å². The van der Waals surface area contributed by atoms with Crippen LogP contribution in [0, 0.1) is 16.7 Å². The topological polar surface area (TPSA) is 136 Å². The van der Waals surface area contributed by atoms with Crippen LogP contribution in [-0.2, 0) is 9.53 Å². The molecular formula is C33H42N8O2. The van der Waals surface area contributed by atoms with Crippen LogP contribution in [0.2, 0.25) is 0 Å². The van der Waals surface area contributed by atoms with Crippen molar-refractivity contribution in [3.63, 3.8) is 0 Å². The lowest BCUT2D eigenvalue weighted by Crippen LogP contribution is -2.46. The molecule has 4 heterocycles. The quantitative estimate of drug-likeness (QED) is 0.260. The van der Waals surface area contributed by atoms with Crippen molar-refractivity contribution in [2.75, 3.05) is 18.0 Å². The highest BCUT2D eigenvalue weighted by Crippen LogP contribution is 2.39. The number of ether oxygens (including phenoxy) is 1. The van der Waals surface area contributed by atoms with E-state index in [-0.39, 0.29) is 11.5 Å². The number of piperidine rings is 1. The van der Waals surface area contributed by atoms with Gasteiger partial charge < -0.3 is 15.4 Å². The summed E-state index contributed by atoms with van der Waals surface area (Å²) in [5.74, 6) is 0.717. The van der Waals surface area contributed by atoms with E-state index in [1.54, 1.807) is 12.4 Å². The Balaban J connectivity index is 1.38. The van der Waals surface area contributed by atoms with Gasteiger partial charge in [0.15, 0.2) is 0 Å². The van der Waals surface area contributed by atoms with Gasteiger partial charge in [-0.1, -0.05) is 26.2 Å². The predicted molar refractivity (Wildman–Crippen MR) is 166 cm³/mol. The summed E-state index contributed by atoms with van der Waals surface area (Å²) in [6.07, 6.45) is 16.7. The Labute approximate surface area is 254 Å². The van der Waals surface area contributed by atoms with Gasteiger partial charge in [0.2, 0.25) is 0 Å². The molecule has 0 spiro atoms. The van der Waals surface area contributed by atoms with Crippen LogP contribution in [0.3, 0.4) is 0 Å². The zero-order chi connectivity index (χ0) is 30.6. The van der Waals surface area contributed by atoms with Gasteiger partial charge in [0.05, 0.1) is 40.8 Å². The number of nitrogens with two attached hydrogens (primary N) is 1. The minimum atomic E-state index is -0.507. The van der Waals surface area contributed by atoms with Crippen LogP contribution in [0.25, 0.3) is 28.1 Å². The van der Waals surface area contributed by atoms with Crippen LogP contribution >= 0.6 is 0 Å². The molecule has 5 rings (SSSR count). The number of carbonyl (C=O) groups is 1. The van der Waals surface area contributed by atoms with Gasteiger partial charge in [-0.25, -0.2) is 9.97 Å². The highest BCUT2D eigenvalue weighted by molar-refractivity contribution is 5.84. The molecule has 3 aromatic rings. The number of allylic oxidation sites excluding steroid dienone is 1. The second-order valence-electron chi connectivity index (χ2n) is 12.7. The summed E-state index contributed by atoms with van der Waals surface area (Å²) in [7, 11) is 0. The Morgan fingerprint density at radius 1 is 1.12 bits per heavy atom. The van der Waals surface area contributed by atoms with Gasteiger partial charge >= 0.3 is 5.97 Å². The molecule has 2 aliphatic rings. The number of hydrogen-bond acceptors (Lipinski definition) is 9. The molecule has 2 N–H and O–H groups in total. The summed E-state index contributed by atoms with van der Waals surface area (Å²) in [5.41, 5.74) is 8.28.